The third-order valence-corrected chi connectivity index (χ3v) is 6.61. The first kappa shape index (κ1) is 25.1. The number of carbonyl (C=O) groups excluding carboxylic acids is 1. The molecule has 1 aromatic carbocycles. The van der Waals surface area contributed by atoms with E-state index in [-0.39, 0.29) is 17.5 Å². The molecule has 1 aliphatic heterocycles. The van der Waals surface area contributed by atoms with Crippen LogP contribution in [0.3, 0.4) is 0 Å². The van der Waals surface area contributed by atoms with Gasteiger partial charge in [-0.05, 0) is 39.0 Å². The Labute approximate surface area is 229 Å². The summed E-state index contributed by atoms with van der Waals surface area (Å²) in [6.07, 6.45) is 6.83. The number of nitrogens with one attached hydrogen (secondary N) is 2. The zero-order valence-electron chi connectivity index (χ0n) is 22.2. The van der Waals surface area contributed by atoms with Crippen LogP contribution >= 0.6 is 0 Å². The lowest BCUT2D eigenvalue weighted by molar-refractivity contribution is 0.102. The summed E-state index contributed by atoms with van der Waals surface area (Å²) in [5.41, 5.74) is 4.55. The maximum Gasteiger partial charge on any atom is 0.257 e. The predicted molar refractivity (Wildman–Crippen MR) is 149 cm³/mol. The summed E-state index contributed by atoms with van der Waals surface area (Å²) in [7, 11) is 0. The lowest BCUT2D eigenvalue weighted by Gasteiger charge is -2.38. The molecule has 0 aliphatic carbocycles. The fourth-order valence-corrected chi connectivity index (χ4v) is 5.08. The van der Waals surface area contributed by atoms with Crippen molar-refractivity contribution in [1.82, 2.24) is 34.9 Å². The molecule has 5 aromatic rings. The summed E-state index contributed by atoms with van der Waals surface area (Å²) >= 11 is 0. The number of anilines is 2. The van der Waals surface area contributed by atoms with Gasteiger partial charge in [-0.1, -0.05) is 0 Å². The maximum atomic E-state index is 13.6. The van der Waals surface area contributed by atoms with Crippen molar-refractivity contribution < 1.29 is 9.53 Å². The number of rotatable bonds is 5. The van der Waals surface area contributed by atoms with Crippen molar-refractivity contribution in [2.45, 2.75) is 32.9 Å². The van der Waals surface area contributed by atoms with Crippen LogP contribution in [0.2, 0.25) is 0 Å². The Balaban J connectivity index is 1.33. The van der Waals surface area contributed by atoms with Crippen molar-refractivity contribution in [2.75, 3.05) is 23.3 Å². The minimum atomic E-state index is -0.334. The van der Waals surface area contributed by atoms with Crippen molar-refractivity contribution in [1.29, 1.82) is 5.26 Å². The van der Waals surface area contributed by atoms with Gasteiger partial charge < -0.3 is 24.7 Å². The molecule has 2 N–H and O–H groups in total. The third-order valence-electron chi connectivity index (χ3n) is 6.61. The fraction of sp³-hybridized carbons (Fsp3) is 0.250. The highest BCUT2D eigenvalue weighted by atomic mass is 16.5. The van der Waals surface area contributed by atoms with Gasteiger partial charge in [-0.15, -0.1) is 10.2 Å². The van der Waals surface area contributed by atoms with E-state index in [9.17, 15) is 4.79 Å². The largest absolute Gasteiger partial charge is 0.434 e. The molecule has 2 unspecified atom stereocenters. The van der Waals surface area contributed by atoms with Crippen LogP contribution in [-0.4, -0.2) is 60.6 Å². The standard InChI is InChI=1S/C28H26N10O2/c1-16-12-37(13-17(2)32-16)22-6-5-21(25-26(22)31-9-8-30-25)28(39)34-20-10-23(27-33-18(3)14-38(27)15-20)40-24-7-4-19(11-29)35-36-24/h4-10,14-17,32H,12-13H2,1-3H3,(H,34,39). The first-order valence-electron chi connectivity index (χ1n) is 12.8. The molecular formula is C28H26N10O2. The third kappa shape index (κ3) is 4.85. The van der Waals surface area contributed by atoms with Crippen LogP contribution in [0.25, 0.3) is 16.7 Å². The van der Waals surface area contributed by atoms with Crippen molar-refractivity contribution in [3.05, 3.63) is 72.1 Å². The number of imidazole rings is 1. The summed E-state index contributed by atoms with van der Waals surface area (Å²) in [4.78, 5) is 29.5. The number of carbonyl (C=O) groups is 1. The van der Waals surface area contributed by atoms with Gasteiger partial charge in [0.2, 0.25) is 5.88 Å². The van der Waals surface area contributed by atoms with Gasteiger partial charge in [0.25, 0.3) is 5.91 Å². The summed E-state index contributed by atoms with van der Waals surface area (Å²) in [5.74, 6) is 0.227. The highest BCUT2D eigenvalue weighted by Gasteiger charge is 2.25. The molecule has 40 heavy (non-hydrogen) atoms. The Kier molecular flexibility index (Phi) is 6.41. The second-order valence-electron chi connectivity index (χ2n) is 9.89. The summed E-state index contributed by atoms with van der Waals surface area (Å²) < 4.78 is 7.72. The van der Waals surface area contributed by atoms with E-state index in [1.54, 1.807) is 41.2 Å². The number of hydrogen-bond acceptors (Lipinski definition) is 10. The SMILES string of the molecule is Cc1cn2cc(NC(=O)c3ccc(N4CC(C)NC(C)C4)c4nccnc34)cc(Oc3ccc(C#N)nn3)c2n1. The maximum absolute atomic E-state index is 13.6. The fourth-order valence-electron chi connectivity index (χ4n) is 5.08. The minimum absolute atomic E-state index is 0.178. The molecule has 12 heteroatoms. The molecule has 5 heterocycles. The molecule has 4 aromatic heterocycles. The molecule has 0 saturated carbocycles. The van der Waals surface area contributed by atoms with Gasteiger partial charge >= 0.3 is 0 Å². The second kappa shape index (κ2) is 10.2. The number of nitrogens with zero attached hydrogens (tertiary/aromatic N) is 8. The number of amides is 1. The molecule has 12 nitrogen and oxygen atoms in total. The molecule has 6 rings (SSSR count). The van der Waals surface area contributed by atoms with Gasteiger partial charge in [-0.2, -0.15) is 5.26 Å². The average molecular weight is 535 g/mol. The van der Waals surface area contributed by atoms with E-state index < -0.39 is 0 Å². The molecule has 1 aliphatic rings. The van der Waals surface area contributed by atoms with Crippen molar-refractivity contribution in [3.63, 3.8) is 0 Å². The van der Waals surface area contributed by atoms with Crippen LogP contribution < -0.4 is 20.3 Å². The van der Waals surface area contributed by atoms with E-state index in [1.807, 2.05) is 25.3 Å². The lowest BCUT2D eigenvalue weighted by atomic mass is 10.1. The van der Waals surface area contributed by atoms with Gasteiger partial charge in [0.1, 0.15) is 17.1 Å². The predicted octanol–water partition coefficient (Wildman–Crippen LogP) is 3.48. The smallest absolute Gasteiger partial charge is 0.257 e. The first-order chi connectivity index (χ1) is 19.4. The summed E-state index contributed by atoms with van der Waals surface area (Å²) in [5, 5.41) is 23.3. The van der Waals surface area contributed by atoms with E-state index in [4.69, 9.17) is 10.00 Å². The van der Waals surface area contributed by atoms with Crippen molar-refractivity contribution in [3.8, 4) is 17.7 Å². The highest BCUT2D eigenvalue weighted by Crippen LogP contribution is 2.31. The Bertz CT molecular complexity index is 1770. The summed E-state index contributed by atoms with van der Waals surface area (Å²) in [6.45, 7) is 7.84. The molecule has 1 amide bonds. The van der Waals surface area contributed by atoms with Crippen LogP contribution in [0.1, 0.15) is 35.6 Å². The van der Waals surface area contributed by atoms with Crippen LogP contribution in [0.4, 0.5) is 11.4 Å². The molecule has 0 spiro atoms. The van der Waals surface area contributed by atoms with Gasteiger partial charge in [0.05, 0.1) is 22.6 Å². The van der Waals surface area contributed by atoms with Crippen LogP contribution in [0.15, 0.2) is 55.1 Å². The second-order valence-corrected chi connectivity index (χ2v) is 9.89. The lowest BCUT2D eigenvalue weighted by Crippen LogP contribution is -2.54. The quantitative estimate of drug-likeness (QED) is 0.343. The normalized spacial score (nSPS) is 17.1. The van der Waals surface area contributed by atoms with Crippen LogP contribution in [0, 0.1) is 18.3 Å². The van der Waals surface area contributed by atoms with E-state index in [0.29, 0.717) is 45.8 Å². The number of hydrogen-bond donors (Lipinski definition) is 2. The van der Waals surface area contributed by atoms with E-state index in [2.05, 4.69) is 54.5 Å². The Morgan fingerprint density at radius 1 is 1.07 bits per heavy atom. The van der Waals surface area contributed by atoms with Gasteiger partial charge in [-0.25, -0.2) is 4.98 Å². The van der Waals surface area contributed by atoms with E-state index in [1.165, 1.54) is 6.07 Å². The molecule has 1 saturated heterocycles. The number of ether oxygens (including phenoxy) is 1. The van der Waals surface area contributed by atoms with Gasteiger partial charge in [0, 0.05) is 62.1 Å². The molecule has 200 valence electrons. The Hall–Kier alpha value is -5.15. The number of fused-ring (bicyclic) bond motifs is 2. The van der Waals surface area contributed by atoms with E-state index in [0.717, 1.165) is 24.5 Å². The van der Waals surface area contributed by atoms with E-state index >= 15 is 0 Å². The molecule has 0 bridgehead atoms. The average Bonchev–Trinajstić information content (AvgIpc) is 3.32. The zero-order valence-corrected chi connectivity index (χ0v) is 22.2. The summed E-state index contributed by atoms with van der Waals surface area (Å²) in [6, 6.07) is 11.1. The van der Waals surface area contributed by atoms with Gasteiger partial charge in [0.15, 0.2) is 17.1 Å². The monoisotopic (exact) mass is 534 g/mol. The Morgan fingerprint density at radius 3 is 2.58 bits per heavy atom. The molecular weight excluding hydrogens is 508 g/mol. The van der Waals surface area contributed by atoms with Crippen LogP contribution in [0.5, 0.6) is 11.6 Å². The Morgan fingerprint density at radius 2 is 1.85 bits per heavy atom. The number of benzene rings is 1. The number of aromatic nitrogens is 6. The van der Waals surface area contributed by atoms with Gasteiger partial charge in [-0.3, -0.25) is 14.8 Å². The number of piperazine rings is 1. The first-order valence-corrected chi connectivity index (χ1v) is 12.8. The topological polar surface area (TPSA) is 146 Å². The number of nitriles is 1. The van der Waals surface area contributed by atoms with Crippen molar-refractivity contribution >= 4 is 34.0 Å². The molecule has 1 fully saturated rings. The molecule has 2 atom stereocenters. The van der Waals surface area contributed by atoms with Crippen LogP contribution in [-0.2, 0) is 0 Å². The number of aryl methyl sites for hydroxylation is 1. The van der Waals surface area contributed by atoms with Crippen molar-refractivity contribution in [2.24, 2.45) is 0 Å². The molecule has 0 radical (unpaired) electrons. The number of pyridine rings is 1. The minimum Gasteiger partial charge on any atom is -0.434 e. The zero-order chi connectivity index (χ0) is 27.8. The highest BCUT2D eigenvalue weighted by molar-refractivity contribution is 6.13.